The maximum atomic E-state index is 13.5. The summed E-state index contributed by atoms with van der Waals surface area (Å²) in [7, 11) is 2.59. The summed E-state index contributed by atoms with van der Waals surface area (Å²) in [5.74, 6) is 0.460. The van der Waals surface area contributed by atoms with E-state index in [0.29, 0.717) is 50.7 Å². The van der Waals surface area contributed by atoms with Gasteiger partial charge in [0.15, 0.2) is 0 Å². The van der Waals surface area contributed by atoms with Crippen LogP contribution in [0.3, 0.4) is 0 Å². The molecule has 22 heteroatoms. The Balaban J connectivity index is 0.000000155. The van der Waals surface area contributed by atoms with Gasteiger partial charge in [0.2, 0.25) is 0 Å². The van der Waals surface area contributed by atoms with E-state index in [0.717, 1.165) is 52.3 Å². The molecule has 0 bridgehead atoms. The predicted molar refractivity (Wildman–Crippen MR) is 286 cm³/mol. The smallest absolute Gasteiger partial charge is 0.399 e. The van der Waals surface area contributed by atoms with E-state index in [1.807, 2.05) is 39.8 Å². The van der Waals surface area contributed by atoms with Gasteiger partial charge in [0.1, 0.15) is 28.4 Å². The molecule has 382 valence electrons. The third-order valence-corrected chi connectivity index (χ3v) is 13.8. The number of carbonyl (C=O) groups is 4. The monoisotopic (exact) mass is 1080 g/mol. The molecule has 4 amide bonds. The minimum atomic E-state index is -0.567. The van der Waals surface area contributed by atoms with Gasteiger partial charge in [-0.25, -0.2) is 24.0 Å². The van der Waals surface area contributed by atoms with Crippen molar-refractivity contribution >= 4 is 74.8 Å². The van der Waals surface area contributed by atoms with Crippen molar-refractivity contribution in [3.05, 3.63) is 160 Å². The van der Waals surface area contributed by atoms with Crippen molar-refractivity contribution < 1.29 is 28.5 Å². The Bertz CT molecular complexity index is 3550. The second kappa shape index (κ2) is 21.6. The van der Waals surface area contributed by atoms with E-state index in [4.69, 9.17) is 19.8 Å². The van der Waals surface area contributed by atoms with Crippen molar-refractivity contribution in [2.45, 2.75) is 76.7 Å². The molecule has 11 rings (SSSR count). The molecule has 0 spiro atoms. The highest BCUT2D eigenvalue weighted by Crippen LogP contribution is 2.38. The molecule has 2 aliphatic carbocycles. The first-order valence-corrected chi connectivity index (χ1v) is 25.0. The van der Waals surface area contributed by atoms with Gasteiger partial charge in [-0.3, -0.25) is 34.0 Å². The largest absolute Gasteiger partial charge is 0.498 e. The van der Waals surface area contributed by atoms with Gasteiger partial charge < -0.3 is 19.9 Å². The highest BCUT2D eigenvalue weighted by atomic mass is 79.9. The summed E-state index contributed by atoms with van der Waals surface area (Å²) in [5.41, 5.74) is 5.71. The fraction of sp³-hybridized carbons (Fsp3) is 0.259. The van der Waals surface area contributed by atoms with E-state index in [9.17, 15) is 19.2 Å². The number of anilines is 2. The Labute approximate surface area is 446 Å². The zero-order valence-electron chi connectivity index (χ0n) is 42.3. The van der Waals surface area contributed by atoms with Crippen LogP contribution in [0.15, 0.2) is 127 Å². The number of fused-ring (bicyclic) bond motifs is 2. The second-order valence-electron chi connectivity index (χ2n) is 19.0. The SMILES string of the molecule is CC1(C)OB(c2cnn3ccc(C(=O)N(c4ccc(C#N)cn4)C4CC4)cc23)OC1(C)C.CNC(=O)c1ccc(-c2cnn3ccc(C(=O)N(c4ccc(C#N)cn4)C4CC4)cc23)nc1.CNC(=O)c1ccc(Br)nc1. The van der Waals surface area contributed by atoms with Crippen molar-refractivity contribution in [2.24, 2.45) is 0 Å². The van der Waals surface area contributed by atoms with Crippen molar-refractivity contribution in [1.82, 2.24) is 49.8 Å². The van der Waals surface area contributed by atoms with Crippen LogP contribution in [0.25, 0.3) is 22.3 Å². The lowest BCUT2D eigenvalue weighted by Gasteiger charge is -2.32. The molecular weight excluding hydrogens is 1030 g/mol. The fourth-order valence-electron chi connectivity index (χ4n) is 8.13. The lowest BCUT2D eigenvalue weighted by molar-refractivity contribution is 0.00578. The van der Waals surface area contributed by atoms with Crippen molar-refractivity contribution in [2.75, 3.05) is 23.9 Å². The third kappa shape index (κ3) is 11.1. The maximum absolute atomic E-state index is 13.5. The topological polar surface area (TPSA) is 251 Å². The van der Waals surface area contributed by atoms with Crippen LogP contribution in [-0.2, 0) is 9.31 Å². The molecule has 20 nitrogen and oxygen atoms in total. The number of hydrogen-bond acceptors (Lipinski definition) is 14. The number of halogens is 1. The molecule has 0 aromatic carbocycles. The number of nitrogens with zero attached hydrogens (tertiary/aromatic N) is 12. The van der Waals surface area contributed by atoms with Crippen molar-refractivity contribution in [3.63, 3.8) is 0 Å². The molecule has 0 unspecified atom stereocenters. The highest BCUT2D eigenvalue weighted by molar-refractivity contribution is 9.10. The Kier molecular flexibility index (Phi) is 14.9. The zero-order chi connectivity index (χ0) is 53.9. The molecule has 9 heterocycles. The lowest BCUT2D eigenvalue weighted by Crippen LogP contribution is -2.41. The number of nitrogens with one attached hydrogen (secondary N) is 2. The number of rotatable bonds is 10. The number of pyridine rings is 6. The summed E-state index contributed by atoms with van der Waals surface area (Å²) in [6.07, 6.45) is 16.6. The molecular formula is C54H50BBrN14O6. The summed E-state index contributed by atoms with van der Waals surface area (Å²) < 4.78 is 16.5. The second-order valence-corrected chi connectivity index (χ2v) is 19.9. The standard InChI is InChI=1S/C24H19N7O2.C23H24BN5O3.C7H7BrN2O/c1-26-23(32)17-3-6-20(27-13-17)19-14-29-30-9-8-16(10-21(19)30)24(33)31(18-4-5-18)22-7-2-15(11-25)12-28-22;1-22(2)23(3,4)32-24(31-22)18-14-27-28-10-9-16(11-19(18)28)21(30)29(17-6-7-17)20-8-5-15(12-25)13-26-20;1-9-7(11)5-2-3-6(8)10-4-5/h2-3,6-10,12-14,18H,4-5H2,1H3,(H,26,32);5,8-11,13-14,17H,6-7H2,1-4H3;2-4H,1H3,(H,9,11). The maximum Gasteiger partial charge on any atom is 0.498 e. The van der Waals surface area contributed by atoms with E-state index < -0.39 is 18.3 Å². The number of carbonyl (C=O) groups excluding carboxylic acids is 4. The van der Waals surface area contributed by atoms with Gasteiger partial charge in [-0.15, -0.1) is 0 Å². The minimum Gasteiger partial charge on any atom is -0.399 e. The van der Waals surface area contributed by atoms with Crippen LogP contribution in [0.1, 0.15) is 106 Å². The number of hydrogen-bond donors (Lipinski definition) is 2. The summed E-state index contributed by atoms with van der Waals surface area (Å²) in [4.78, 5) is 70.1. The first kappa shape index (κ1) is 52.2. The van der Waals surface area contributed by atoms with Gasteiger partial charge in [-0.2, -0.15) is 20.7 Å². The van der Waals surface area contributed by atoms with Gasteiger partial charge >= 0.3 is 7.12 Å². The van der Waals surface area contributed by atoms with Crippen LogP contribution in [0.2, 0.25) is 0 Å². The van der Waals surface area contributed by atoms with Crippen LogP contribution >= 0.6 is 15.9 Å². The molecule has 76 heavy (non-hydrogen) atoms. The number of aromatic nitrogens is 8. The van der Waals surface area contributed by atoms with E-state index in [1.165, 1.54) is 24.8 Å². The molecule has 3 aliphatic rings. The highest BCUT2D eigenvalue weighted by Gasteiger charge is 2.52. The molecule has 0 atom stereocenters. The van der Waals surface area contributed by atoms with Crippen molar-refractivity contribution in [3.8, 4) is 23.4 Å². The van der Waals surface area contributed by atoms with E-state index in [1.54, 1.807) is 124 Å². The molecule has 1 aliphatic heterocycles. The van der Waals surface area contributed by atoms with Gasteiger partial charge in [0.25, 0.3) is 23.6 Å². The number of amides is 4. The molecule has 2 saturated carbocycles. The van der Waals surface area contributed by atoms with Crippen LogP contribution in [0.4, 0.5) is 11.6 Å². The van der Waals surface area contributed by atoms with Crippen molar-refractivity contribution in [1.29, 1.82) is 10.5 Å². The lowest BCUT2D eigenvalue weighted by atomic mass is 9.80. The quantitative estimate of drug-likeness (QED) is 0.106. The predicted octanol–water partition coefficient (Wildman–Crippen LogP) is 6.74. The molecule has 0 radical (unpaired) electrons. The van der Waals surface area contributed by atoms with E-state index in [-0.39, 0.29) is 35.7 Å². The van der Waals surface area contributed by atoms with Gasteiger partial charge in [-0.1, -0.05) is 0 Å². The molecule has 2 N–H and O–H groups in total. The van der Waals surface area contributed by atoms with Crippen LogP contribution < -0.4 is 25.9 Å². The first-order valence-electron chi connectivity index (χ1n) is 24.2. The molecule has 1 saturated heterocycles. The summed E-state index contributed by atoms with van der Waals surface area (Å²) in [6, 6.07) is 25.1. The van der Waals surface area contributed by atoms with Crippen LogP contribution in [0.5, 0.6) is 0 Å². The van der Waals surface area contributed by atoms with Gasteiger partial charge in [0.05, 0.1) is 56.4 Å². The Morgan fingerprint density at radius 1 is 0.618 bits per heavy atom. The normalized spacial score (nSPS) is 15.0. The van der Waals surface area contributed by atoms with Crippen LogP contribution in [-0.4, -0.2) is 107 Å². The molecule has 3 fully saturated rings. The Morgan fingerprint density at radius 2 is 1.11 bits per heavy atom. The Morgan fingerprint density at radius 3 is 1.54 bits per heavy atom. The number of nitriles is 2. The fourth-order valence-corrected chi connectivity index (χ4v) is 8.36. The average molecular weight is 1080 g/mol. The van der Waals surface area contributed by atoms with E-state index in [2.05, 4.69) is 62.8 Å². The average Bonchev–Trinajstić information content (AvgIpc) is 4.36. The Hall–Kier alpha value is -8.70. The van der Waals surface area contributed by atoms with E-state index >= 15 is 0 Å². The molecule has 8 aromatic heterocycles. The zero-order valence-corrected chi connectivity index (χ0v) is 43.9. The third-order valence-electron chi connectivity index (χ3n) is 13.3. The summed E-state index contributed by atoms with van der Waals surface area (Å²) >= 11 is 3.17. The summed E-state index contributed by atoms with van der Waals surface area (Å²) in [6.45, 7) is 8.02. The van der Waals surface area contributed by atoms with Gasteiger partial charge in [0, 0.05) is 91.7 Å². The minimum absolute atomic E-state index is 0.0949. The summed E-state index contributed by atoms with van der Waals surface area (Å²) in [5, 5.41) is 31.9. The van der Waals surface area contributed by atoms with Crippen LogP contribution in [0, 0.1) is 22.7 Å². The molecule has 8 aromatic rings. The van der Waals surface area contributed by atoms with Gasteiger partial charge in [-0.05, 0) is 142 Å². The first-order chi connectivity index (χ1) is 36.5.